The van der Waals surface area contributed by atoms with Crippen LogP contribution in [-0.4, -0.2) is 29.2 Å². The summed E-state index contributed by atoms with van der Waals surface area (Å²) < 4.78 is 13.0. The van der Waals surface area contributed by atoms with E-state index in [1.54, 1.807) is 12.1 Å². The Morgan fingerprint density at radius 2 is 1.88 bits per heavy atom. The first-order valence-electron chi connectivity index (χ1n) is 8.05. The highest BCUT2D eigenvalue weighted by atomic mass is 19.1. The highest BCUT2D eigenvalue weighted by Gasteiger charge is 2.33. The van der Waals surface area contributed by atoms with E-state index in [2.05, 4.69) is 17.3 Å². The van der Waals surface area contributed by atoms with Crippen molar-refractivity contribution in [1.29, 1.82) is 0 Å². The van der Waals surface area contributed by atoms with E-state index in [1.807, 2.05) is 17.0 Å². The van der Waals surface area contributed by atoms with Gasteiger partial charge < -0.3 is 9.74 Å². The van der Waals surface area contributed by atoms with E-state index >= 15 is 0 Å². The van der Waals surface area contributed by atoms with Crippen LogP contribution in [0.15, 0.2) is 53.7 Å². The molecule has 2 aromatic carbocycles. The van der Waals surface area contributed by atoms with Crippen molar-refractivity contribution in [2.45, 2.75) is 25.5 Å². The number of fused-ring (bicyclic) bond motifs is 1. The Hall–Kier alpha value is -2.69. The Labute approximate surface area is 139 Å². The number of rotatable bonds is 2. The quantitative estimate of drug-likeness (QED) is 0.852. The van der Waals surface area contributed by atoms with Crippen LogP contribution in [0.4, 0.5) is 4.39 Å². The Kier molecular flexibility index (Phi) is 3.76. The van der Waals surface area contributed by atoms with E-state index in [0.29, 0.717) is 25.2 Å². The first-order chi connectivity index (χ1) is 11.7. The number of carbonyl (C=O) groups excluding carboxylic acids is 1. The molecule has 2 aliphatic heterocycles. The van der Waals surface area contributed by atoms with Crippen LogP contribution in [0.3, 0.4) is 0 Å². The molecule has 0 saturated carbocycles. The van der Waals surface area contributed by atoms with Crippen LogP contribution < -0.4 is 0 Å². The first-order valence-corrected chi connectivity index (χ1v) is 8.05. The van der Waals surface area contributed by atoms with Crippen LogP contribution in [0.2, 0.25) is 0 Å². The summed E-state index contributed by atoms with van der Waals surface area (Å²) in [7, 11) is 0. The molecule has 122 valence electrons. The SMILES string of the molecule is O=C([C@@H]1CC(c2ccc(F)cc2)=NO1)N1CCc2ccccc2C1. The minimum atomic E-state index is -0.588. The fourth-order valence-electron chi connectivity index (χ4n) is 3.21. The summed E-state index contributed by atoms with van der Waals surface area (Å²) in [6.45, 7) is 1.31. The fraction of sp³-hybridized carbons (Fsp3) is 0.263. The molecule has 0 aromatic heterocycles. The summed E-state index contributed by atoms with van der Waals surface area (Å²) in [4.78, 5) is 19.9. The van der Waals surface area contributed by atoms with Crippen LogP contribution >= 0.6 is 0 Å². The molecule has 0 saturated heterocycles. The second kappa shape index (κ2) is 6.07. The highest BCUT2D eigenvalue weighted by Crippen LogP contribution is 2.23. The van der Waals surface area contributed by atoms with Gasteiger partial charge in [-0.3, -0.25) is 4.79 Å². The maximum Gasteiger partial charge on any atom is 0.267 e. The zero-order valence-corrected chi connectivity index (χ0v) is 13.1. The zero-order chi connectivity index (χ0) is 16.5. The molecule has 0 unspecified atom stereocenters. The third kappa shape index (κ3) is 2.77. The lowest BCUT2D eigenvalue weighted by atomic mass is 9.98. The molecular weight excluding hydrogens is 307 g/mol. The van der Waals surface area contributed by atoms with Gasteiger partial charge in [0, 0.05) is 19.5 Å². The minimum absolute atomic E-state index is 0.0367. The van der Waals surface area contributed by atoms with Crippen molar-refractivity contribution in [2.24, 2.45) is 5.16 Å². The standard InChI is InChI=1S/C19H17FN2O2/c20-16-7-5-14(6-8-16)17-11-18(24-21-17)19(23)22-10-9-13-3-1-2-4-15(13)12-22/h1-8,18H,9-12H2/t18-/m0/s1. The minimum Gasteiger partial charge on any atom is -0.382 e. The van der Waals surface area contributed by atoms with Crippen molar-refractivity contribution in [1.82, 2.24) is 4.90 Å². The van der Waals surface area contributed by atoms with E-state index in [4.69, 9.17) is 4.84 Å². The molecule has 0 bridgehead atoms. The Balaban J connectivity index is 1.43. The van der Waals surface area contributed by atoms with Gasteiger partial charge in [-0.2, -0.15) is 0 Å². The lowest BCUT2D eigenvalue weighted by Gasteiger charge is -2.30. The monoisotopic (exact) mass is 324 g/mol. The Morgan fingerprint density at radius 1 is 1.12 bits per heavy atom. The van der Waals surface area contributed by atoms with Crippen LogP contribution in [0, 0.1) is 5.82 Å². The molecule has 0 N–H and O–H groups in total. The lowest BCUT2D eigenvalue weighted by Crippen LogP contribution is -2.42. The van der Waals surface area contributed by atoms with Gasteiger partial charge in [-0.05, 0) is 35.2 Å². The summed E-state index contributed by atoms with van der Waals surface area (Å²) in [6, 6.07) is 14.3. The van der Waals surface area contributed by atoms with Crippen molar-refractivity contribution in [3.8, 4) is 0 Å². The average molecular weight is 324 g/mol. The van der Waals surface area contributed by atoms with E-state index < -0.39 is 6.10 Å². The highest BCUT2D eigenvalue weighted by molar-refractivity contribution is 6.04. The molecule has 0 aliphatic carbocycles. The van der Waals surface area contributed by atoms with Crippen LogP contribution in [0.25, 0.3) is 0 Å². The van der Waals surface area contributed by atoms with Gasteiger partial charge in [0.15, 0.2) is 0 Å². The van der Waals surface area contributed by atoms with Crippen molar-refractivity contribution >= 4 is 11.6 Å². The van der Waals surface area contributed by atoms with Gasteiger partial charge >= 0.3 is 0 Å². The number of amides is 1. The number of oxime groups is 1. The number of hydrogen-bond acceptors (Lipinski definition) is 3. The summed E-state index contributed by atoms with van der Waals surface area (Å²) in [6.07, 6.45) is 0.693. The molecule has 4 nitrogen and oxygen atoms in total. The van der Waals surface area contributed by atoms with E-state index in [9.17, 15) is 9.18 Å². The van der Waals surface area contributed by atoms with Gasteiger partial charge in [0.2, 0.25) is 6.10 Å². The maximum absolute atomic E-state index is 13.0. The van der Waals surface area contributed by atoms with E-state index in [0.717, 1.165) is 12.0 Å². The summed E-state index contributed by atoms with van der Waals surface area (Å²) in [5.74, 6) is -0.330. The molecule has 2 heterocycles. The Morgan fingerprint density at radius 3 is 2.67 bits per heavy atom. The summed E-state index contributed by atoms with van der Waals surface area (Å²) in [5.41, 5.74) is 3.97. The lowest BCUT2D eigenvalue weighted by molar-refractivity contribution is -0.143. The first kappa shape index (κ1) is 14.9. The van der Waals surface area contributed by atoms with Gasteiger partial charge in [-0.15, -0.1) is 0 Å². The van der Waals surface area contributed by atoms with Crippen LogP contribution in [0.5, 0.6) is 0 Å². The molecule has 1 amide bonds. The second-order valence-electron chi connectivity index (χ2n) is 6.12. The number of halogens is 1. The molecule has 0 spiro atoms. The van der Waals surface area contributed by atoms with Gasteiger partial charge in [0.05, 0.1) is 5.71 Å². The molecule has 1 atom stereocenters. The van der Waals surface area contributed by atoms with Crippen molar-refractivity contribution in [2.75, 3.05) is 6.54 Å². The van der Waals surface area contributed by atoms with Gasteiger partial charge in [-0.25, -0.2) is 4.39 Å². The number of benzene rings is 2. The van der Waals surface area contributed by atoms with Crippen LogP contribution in [0.1, 0.15) is 23.1 Å². The predicted octanol–water partition coefficient (Wildman–Crippen LogP) is 2.90. The third-order valence-corrected chi connectivity index (χ3v) is 4.56. The van der Waals surface area contributed by atoms with E-state index in [-0.39, 0.29) is 11.7 Å². The zero-order valence-electron chi connectivity index (χ0n) is 13.1. The van der Waals surface area contributed by atoms with E-state index in [1.165, 1.54) is 23.3 Å². The molecule has 24 heavy (non-hydrogen) atoms. The smallest absolute Gasteiger partial charge is 0.267 e. The maximum atomic E-state index is 13.0. The number of nitrogens with zero attached hydrogens (tertiary/aromatic N) is 2. The van der Waals surface area contributed by atoms with Crippen molar-refractivity contribution < 1.29 is 14.0 Å². The van der Waals surface area contributed by atoms with Crippen LogP contribution in [-0.2, 0) is 22.6 Å². The summed E-state index contributed by atoms with van der Waals surface area (Å²) in [5, 5.41) is 4.02. The molecular formula is C19H17FN2O2. The molecule has 5 heteroatoms. The topological polar surface area (TPSA) is 41.9 Å². The van der Waals surface area contributed by atoms with Crippen molar-refractivity contribution in [3.05, 3.63) is 71.0 Å². The second-order valence-corrected chi connectivity index (χ2v) is 6.12. The summed E-state index contributed by atoms with van der Waals surface area (Å²) >= 11 is 0. The number of hydrogen-bond donors (Lipinski definition) is 0. The normalized spacial score (nSPS) is 19.5. The fourth-order valence-corrected chi connectivity index (χ4v) is 3.21. The van der Waals surface area contributed by atoms with Gasteiger partial charge in [-0.1, -0.05) is 41.6 Å². The largest absolute Gasteiger partial charge is 0.382 e. The van der Waals surface area contributed by atoms with Crippen molar-refractivity contribution in [3.63, 3.8) is 0 Å². The molecule has 0 fully saturated rings. The molecule has 2 aromatic rings. The molecule has 2 aliphatic rings. The average Bonchev–Trinajstić information content (AvgIpc) is 3.11. The third-order valence-electron chi connectivity index (χ3n) is 4.56. The Bertz CT molecular complexity index is 801. The predicted molar refractivity (Wildman–Crippen MR) is 88.0 cm³/mol. The van der Waals surface area contributed by atoms with Gasteiger partial charge in [0.1, 0.15) is 5.82 Å². The van der Waals surface area contributed by atoms with Gasteiger partial charge in [0.25, 0.3) is 5.91 Å². The molecule has 0 radical (unpaired) electrons. The number of carbonyl (C=O) groups is 1. The molecule has 4 rings (SSSR count).